The second-order valence-electron chi connectivity index (χ2n) is 6.51. The van der Waals surface area contributed by atoms with Crippen LogP contribution in [0.5, 0.6) is 0 Å². The Hall–Kier alpha value is -2.70. The monoisotopic (exact) mass is 357 g/mol. The van der Waals surface area contributed by atoms with Crippen LogP contribution in [0, 0.1) is 5.82 Å². The van der Waals surface area contributed by atoms with Crippen LogP contribution in [0.15, 0.2) is 36.4 Å². The van der Waals surface area contributed by atoms with Gasteiger partial charge >= 0.3 is 6.03 Å². The standard InChI is InChI=1S/C19H24FN5O/c20-16-9-5-4-6-14(16)12-13-21-17-10-11-18(25-24-17)23-19(26)22-15-7-2-1-3-8-15/h4-6,9-11,15H,1-3,7-8,12-13H2,(H,21,24)(H2,22,23,25,26). The lowest BCUT2D eigenvalue weighted by atomic mass is 9.96. The third-order valence-corrected chi connectivity index (χ3v) is 4.50. The Labute approximate surface area is 152 Å². The number of anilines is 2. The smallest absolute Gasteiger partial charge is 0.320 e. The van der Waals surface area contributed by atoms with Crippen LogP contribution in [-0.2, 0) is 6.42 Å². The van der Waals surface area contributed by atoms with Gasteiger partial charge in [0.1, 0.15) is 11.6 Å². The molecule has 0 saturated heterocycles. The maximum absolute atomic E-state index is 13.6. The van der Waals surface area contributed by atoms with Gasteiger partial charge in [-0.1, -0.05) is 37.5 Å². The van der Waals surface area contributed by atoms with Gasteiger partial charge in [-0.15, -0.1) is 10.2 Å². The minimum absolute atomic E-state index is 0.205. The van der Waals surface area contributed by atoms with Crippen molar-refractivity contribution in [3.8, 4) is 0 Å². The molecule has 0 spiro atoms. The zero-order valence-electron chi connectivity index (χ0n) is 14.7. The second kappa shape index (κ2) is 9.12. The average molecular weight is 357 g/mol. The largest absolute Gasteiger partial charge is 0.368 e. The fraction of sp³-hybridized carbons (Fsp3) is 0.421. The summed E-state index contributed by atoms with van der Waals surface area (Å²) in [6.45, 7) is 0.546. The van der Waals surface area contributed by atoms with E-state index in [1.54, 1.807) is 24.3 Å². The minimum Gasteiger partial charge on any atom is -0.368 e. The van der Waals surface area contributed by atoms with Gasteiger partial charge in [0, 0.05) is 12.6 Å². The van der Waals surface area contributed by atoms with E-state index in [0.29, 0.717) is 30.2 Å². The molecule has 0 unspecified atom stereocenters. The summed E-state index contributed by atoms with van der Waals surface area (Å²) in [5.41, 5.74) is 0.658. The van der Waals surface area contributed by atoms with Gasteiger partial charge in [-0.3, -0.25) is 5.32 Å². The van der Waals surface area contributed by atoms with E-state index in [2.05, 4.69) is 26.1 Å². The highest BCUT2D eigenvalue weighted by atomic mass is 19.1. The van der Waals surface area contributed by atoms with Gasteiger partial charge in [-0.2, -0.15) is 0 Å². The zero-order chi connectivity index (χ0) is 18.2. The molecule has 0 atom stereocenters. The van der Waals surface area contributed by atoms with Crippen LogP contribution in [0.2, 0.25) is 0 Å². The van der Waals surface area contributed by atoms with Crippen molar-refractivity contribution in [2.24, 2.45) is 0 Å². The molecular weight excluding hydrogens is 333 g/mol. The van der Waals surface area contributed by atoms with Gasteiger partial charge in [0.25, 0.3) is 0 Å². The number of halogens is 1. The minimum atomic E-state index is -0.244. The number of benzene rings is 1. The van der Waals surface area contributed by atoms with Crippen molar-refractivity contribution in [3.05, 3.63) is 47.8 Å². The fourth-order valence-corrected chi connectivity index (χ4v) is 3.10. The molecule has 1 aliphatic carbocycles. The predicted molar refractivity (Wildman–Crippen MR) is 99.7 cm³/mol. The molecular formula is C19H24FN5O. The Bertz CT molecular complexity index is 716. The van der Waals surface area contributed by atoms with E-state index in [1.165, 1.54) is 12.5 Å². The normalized spacial score (nSPS) is 14.7. The van der Waals surface area contributed by atoms with E-state index in [4.69, 9.17) is 0 Å². The fourth-order valence-electron chi connectivity index (χ4n) is 3.10. The number of carbonyl (C=O) groups is 1. The Kier molecular flexibility index (Phi) is 6.35. The number of nitrogens with zero attached hydrogens (tertiary/aromatic N) is 2. The van der Waals surface area contributed by atoms with Gasteiger partial charge in [-0.05, 0) is 43.0 Å². The first-order valence-corrected chi connectivity index (χ1v) is 9.09. The van der Waals surface area contributed by atoms with Crippen LogP contribution in [-0.4, -0.2) is 28.8 Å². The summed E-state index contributed by atoms with van der Waals surface area (Å²) >= 11 is 0. The molecule has 7 heteroatoms. The maximum atomic E-state index is 13.6. The van der Waals surface area contributed by atoms with Crippen LogP contribution in [0.3, 0.4) is 0 Å². The van der Waals surface area contributed by atoms with Gasteiger partial charge in [0.2, 0.25) is 0 Å². The summed E-state index contributed by atoms with van der Waals surface area (Å²) in [5, 5.41) is 16.8. The second-order valence-corrected chi connectivity index (χ2v) is 6.51. The Morgan fingerprint density at radius 3 is 2.50 bits per heavy atom. The quantitative estimate of drug-likeness (QED) is 0.736. The van der Waals surface area contributed by atoms with Crippen LogP contribution in [0.1, 0.15) is 37.7 Å². The molecule has 1 heterocycles. The molecule has 1 aromatic heterocycles. The molecule has 2 aromatic rings. The summed E-state index contributed by atoms with van der Waals surface area (Å²) in [6, 6.07) is 10.1. The van der Waals surface area contributed by atoms with Gasteiger partial charge in [-0.25, -0.2) is 9.18 Å². The van der Waals surface area contributed by atoms with Crippen LogP contribution >= 0.6 is 0 Å². The first-order valence-electron chi connectivity index (χ1n) is 9.09. The molecule has 3 N–H and O–H groups in total. The van der Waals surface area contributed by atoms with Crippen molar-refractivity contribution < 1.29 is 9.18 Å². The number of aromatic nitrogens is 2. The molecule has 3 rings (SSSR count). The van der Waals surface area contributed by atoms with Gasteiger partial charge in [0.15, 0.2) is 5.82 Å². The molecule has 1 saturated carbocycles. The van der Waals surface area contributed by atoms with Crippen LogP contribution in [0.25, 0.3) is 0 Å². The average Bonchev–Trinajstić information content (AvgIpc) is 2.65. The molecule has 0 aliphatic heterocycles. The number of urea groups is 1. The molecule has 2 amide bonds. The topological polar surface area (TPSA) is 78.9 Å². The van der Waals surface area contributed by atoms with Crippen molar-refractivity contribution in [2.75, 3.05) is 17.2 Å². The molecule has 0 radical (unpaired) electrons. The van der Waals surface area contributed by atoms with Crippen molar-refractivity contribution in [2.45, 2.75) is 44.6 Å². The third-order valence-electron chi connectivity index (χ3n) is 4.50. The summed E-state index contributed by atoms with van der Waals surface area (Å²) in [7, 11) is 0. The molecule has 138 valence electrons. The van der Waals surface area contributed by atoms with Crippen molar-refractivity contribution in [1.82, 2.24) is 15.5 Å². The van der Waals surface area contributed by atoms with E-state index in [0.717, 1.165) is 25.7 Å². The number of nitrogens with one attached hydrogen (secondary N) is 3. The van der Waals surface area contributed by atoms with E-state index in [9.17, 15) is 9.18 Å². The van der Waals surface area contributed by atoms with Crippen molar-refractivity contribution in [3.63, 3.8) is 0 Å². The number of amides is 2. The van der Waals surface area contributed by atoms with Gasteiger partial charge < -0.3 is 10.6 Å². The summed E-state index contributed by atoms with van der Waals surface area (Å²) in [4.78, 5) is 12.0. The molecule has 1 aliphatic rings. The molecule has 1 aromatic carbocycles. The predicted octanol–water partition coefficient (Wildman–Crippen LogP) is 3.72. The van der Waals surface area contributed by atoms with E-state index < -0.39 is 0 Å². The van der Waals surface area contributed by atoms with Crippen LogP contribution < -0.4 is 16.0 Å². The number of carbonyl (C=O) groups excluding carboxylic acids is 1. The molecule has 26 heavy (non-hydrogen) atoms. The van der Waals surface area contributed by atoms with Crippen molar-refractivity contribution >= 4 is 17.7 Å². The van der Waals surface area contributed by atoms with Crippen LogP contribution in [0.4, 0.5) is 20.8 Å². The van der Waals surface area contributed by atoms with E-state index in [1.807, 2.05) is 6.07 Å². The summed E-state index contributed by atoms with van der Waals surface area (Å²) in [5.74, 6) is 0.779. The SMILES string of the molecule is O=C(Nc1ccc(NCCc2ccccc2F)nn1)NC1CCCCC1. The molecule has 6 nitrogen and oxygen atoms in total. The first-order chi connectivity index (χ1) is 12.7. The lowest BCUT2D eigenvalue weighted by molar-refractivity contribution is 0.244. The number of hydrogen-bond acceptors (Lipinski definition) is 4. The Balaban J connectivity index is 1.42. The van der Waals surface area contributed by atoms with E-state index >= 15 is 0 Å². The molecule has 0 bridgehead atoms. The zero-order valence-corrected chi connectivity index (χ0v) is 14.7. The lowest BCUT2D eigenvalue weighted by Crippen LogP contribution is -2.39. The summed E-state index contributed by atoms with van der Waals surface area (Å²) in [6.07, 6.45) is 6.19. The highest BCUT2D eigenvalue weighted by Gasteiger charge is 2.15. The van der Waals surface area contributed by atoms with Crippen molar-refractivity contribution in [1.29, 1.82) is 0 Å². The number of rotatable bonds is 6. The highest BCUT2D eigenvalue weighted by Crippen LogP contribution is 2.17. The summed E-state index contributed by atoms with van der Waals surface area (Å²) < 4.78 is 13.6. The molecule has 1 fully saturated rings. The highest BCUT2D eigenvalue weighted by molar-refractivity contribution is 5.88. The van der Waals surface area contributed by atoms with Gasteiger partial charge in [0.05, 0.1) is 0 Å². The Morgan fingerprint density at radius 2 is 1.77 bits per heavy atom. The lowest BCUT2D eigenvalue weighted by Gasteiger charge is -2.22. The first kappa shape index (κ1) is 18.1. The maximum Gasteiger partial charge on any atom is 0.320 e. The third kappa shape index (κ3) is 5.40. The number of hydrogen-bond donors (Lipinski definition) is 3. The Morgan fingerprint density at radius 1 is 1.04 bits per heavy atom. The van der Waals surface area contributed by atoms with E-state index in [-0.39, 0.29) is 17.9 Å².